The number of esters is 1. The van der Waals surface area contributed by atoms with Gasteiger partial charge in [-0.25, -0.2) is 4.98 Å². The molecule has 162 valence electrons. The van der Waals surface area contributed by atoms with Crippen LogP contribution in [0.15, 0.2) is 53.7 Å². The zero-order valence-corrected chi connectivity index (χ0v) is 18.1. The van der Waals surface area contributed by atoms with E-state index in [9.17, 15) is 9.59 Å². The molecular weight excluding hydrogens is 418 g/mol. The largest absolute Gasteiger partial charge is 0.493 e. The maximum absolute atomic E-state index is 11.9. The van der Waals surface area contributed by atoms with Crippen molar-refractivity contribution in [2.24, 2.45) is 0 Å². The van der Waals surface area contributed by atoms with Crippen LogP contribution in [-0.4, -0.2) is 55.0 Å². The van der Waals surface area contributed by atoms with E-state index in [1.807, 2.05) is 42.5 Å². The quantitative estimate of drug-likeness (QED) is 0.379. The van der Waals surface area contributed by atoms with Gasteiger partial charge in [0, 0.05) is 6.54 Å². The topological polar surface area (TPSA) is 99.6 Å². The van der Waals surface area contributed by atoms with Gasteiger partial charge >= 0.3 is 5.97 Å². The highest BCUT2D eigenvalue weighted by molar-refractivity contribution is 7.99. The van der Waals surface area contributed by atoms with E-state index in [1.54, 1.807) is 20.4 Å². The van der Waals surface area contributed by atoms with Crippen LogP contribution in [0, 0.1) is 0 Å². The third kappa shape index (κ3) is 6.58. The number of hydrogen-bond acceptors (Lipinski definition) is 8. The normalized spacial score (nSPS) is 10.5. The van der Waals surface area contributed by atoms with Gasteiger partial charge in [-0.15, -0.1) is 0 Å². The summed E-state index contributed by atoms with van der Waals surface area (Å²) in [4.78, 5) is 32.6. The zero-order chi connectivity index (χ0) is 22.1. The fourth-order valence-electron chi connectivity index (χ4n) is 2.76. The van der Waals surface area contributed by atoms with Crippen molar-refractivity contribution in [3.05, 3.63) is 54.2 Å². The van der Waals surface area contributed by atoms with E-state index >= 15 is 0 Å². The lowest BCUT2D eigenvalue weighted by Gasteiger charge is -2.10. The number of carbonyl (C=O) groups is 2. The lowest BCUT2D eigenvalue weighted by molar-refractivity contribution is -0.145. The Bertz CT molecular complexity index is 1060. The molecule has 0 aliphatic rings. The summed E-state index contributed by atoms with van der Waals surface area (Å²) in [6, 6.07) is 13.1. The van der Waals surface area contributed by atoms with Crippen LogP contribution < -0.4 is 14.8 Å². The molecule has 1 heterocycles. The number of ether oxygens (including phenoxy) is 3. The number of aromatic nitrogens is 2. The number of hydrogen-bond donors (Lipinski definition) is 1. The second kappa shape index (κ2) is 11.2. The number of carbonyl (C=O) groups excluding carboxylic acids is 2. The number of methoxy groups -OCH3 is 2. The fraction of sp³-hybridized carbons (Fsp3) is 0.273. The first-order chi connectivity index (χ1) is 15.1. The van der Waals surface area contributed by atoms with Crippen molar-refractivity contribution in [3.8, 4) is 11.5 Å². The third-order valence-corrected chi connectivity index (χ3v) is 5.18. The molecule has 1 amide bonds. The summed E-state index contributed by atoms with van der Waals surface area (Å²) in [5, 5.41) is 3.35. The predicted molar refractivity (Wildman–Crippen MR) is 117 cm³/mol. The van der Waals surface area contributed by atoms with E-state index in [2.05, 4.69) is 15.3 Å². The minimum absolute atomic E-state index is 0.0476. The van der Waals surface area contributed by atoms with E-state index in [0.29, 0.717) is 29.5 Å². The number of fused-ring (bicyclic) bond motifs is 1. The summed E-state index contributed by atoms with van der Waals surface area (Å²) in [5.74, 6) is 0.481. The van der Waals surface area contributed by atoms with E-state index in [4.69, 9.17) is 14.2 Å². The van der Waals surface area contributed by atoms with Gasteiger partial charge in [-0.3, -0.25) is 14.6 Å². The average molecular weight is 442 g/mol. The van der Waals surface area contributed by atoms with Gasteiger partial charge < -0.3 is 19.5 Å². The molecule has 3 aromatic rings. The molecule has 2 aromatic carbocycles. The van der Waals surface area contributed by atoms with Crippen molar-refractivity contribution in [2.75, 3.05) is 33.1 Å². The first-order valence-electron chi connectivity index (χ1n) is 9.57. The number of thioether (sulfide) groups is 1. The summed E-state index contributed by atoms with van der Waals surface area (Å²) in [7, 11) is 3.15. The second-order valence-electron chi connectivity index (χ2n) is 6.44. The molecule has 1 N–H and O–H groups in total. The van der Waals surface area contributed by atoms with Crippen molar-refractivity contribution >= 4 is 34.7 Å². The van der Waals surface area contributed by atoms with Crippen LogP contribution in [0.25, 0.3) is 11.0 Å². The molecule has 0 unspecified atom stereocenters. The first kappa shape index (κ1) is 22.4. The molecule has 3 rings (SSSR count). The molecule has 0 aliphatic heterocycles. The molecule has 31 heavy (non-hydrogen) atoms. The molecule has 0 radical (unpaired) electrons. The van der Waals surface area contributed by atoms with Crippen molar-refractivity contribution in [3.63, 3.8) is 0 Å². The van der Waals surface area contributed by atoms with Gasteiger partial charge in [0.1, 0.15) is 5.03 Å². The van der Waals surface area contributed by atoms with E-state index in [-0.39, 0.29) is 18.3 Å². The van der Waals surface area contributed by atoms with Crippen molar-refractivity contribution in [1.82, 2.24) is 15.3 Å². The smallest absolute Gasteiger partial charge is 0.316 e. The minimum Gasteiger partial charge on any atom is -0.493 e. The summed E-state index contributed by atoms with van der Waals surface area (Å²) in [5.41, 5.74) is 2.54. The van der Waals surface area contributed by atoms with Crippen LogP contribution in [0.1, 0.15) is 5.56 Å². The average Bonchev–Trinajstić information content (AvgIpc) is 2.81. The number of amides is 1. The van der Waals surface area contributed by atoms with Crippen LogP contribution in [0.2, 0.25) is 0 Å². The van der Waals surface area contributed by atoms with Crippen molar-refractivity contribution < 1.29 is 23.8 Å². The standard InChI is InChI=1S/C22H23N3O5S/c1-28-18-8-7-15(11-19(18)29-2)9-10-23-20(26)13-30-22(27)14-31-21-12-24-16-5-3-4-6-17(16)25-21/h3-8,11-12H,9-10,13-14H2,1-2H3,(H,23,26). The van der Waals surface area contributed by atoms with E-state index < -0.39 is 5.97 Å². The predicted octanol–water partition coefficient (Wildman–Crippen LogP) is 2.64. The Kier molecular flexibility index (Phi) is 8.05. The van der Waals surface area contributed by atoms with Crippen LogP contribution >= 0.6 is 11.8 Å². The van der Waals surface area contributed by atoms with Crippen LogP contribution in [0.4, 0.5) is 0 Å². The number of nitrogens with zero attached hydrogens (tertiary/aromatic N) is 2. The molecule has 0 saturated carbocycles. The van der Waals surface area contributed by atoms with Crippen molar-refractivity contribution in [1.29, 1.82) is 0 Å². The van der Waals surface area contributed by atoms with Gasteiger partial charge in [0.05, 0.1) is 37.2 Å². The first-order valence-corrected chi connectivity index (χ1v) is 10.6. The van der Waals surface area contributed by atoms with E-state index in [0.717, 1.165) is 16.6 Å². The lowest BCUT2D eigenvalue weighted by atomic mass is 10.1. The fourth-order valence-corrected chi connectivity index (χ4v) is 3.40. The molecule has 0 spiro atoms. The summed E-state index contributed by atoms with van der Waals surface area (Å²) >= 11 is 1.21. The summed E-state index contributed by atoms with van der Waals surface area (Å²) < 4.78 is 15.5. The summed E-state index contributed by atoms with van der Waals surface area (Å²) in [6.07, 6.45) is 2.22. The molecule has 0 aliphatic carbocycles. The van der Waals surface area contributed by atoms with Crippen molar-refractivity contribution in [2.45, 2.75) is 11.4 Å². The SMILES string of the molecule is COc1ccc(CCNC(=O)COC(=O)CSc2cnc3ccccc3n2)cc1OC. The molecule has 0 fully saturated rings. The molecule has 0 saturated heterocycles. The van der Waals surface area contributed by atoms with Gasteiger partial charge in [-0.2, -0.15) is 0 Å². The molecule has 0 atom stereocenters. The Morgan fingerprint density at radius 1 is 1.03 bits per heavy atom. The zero-order valence-electron chi connectivity index (χ0n) is 17.3. The molecule has 0 bridgehead atoms. The Balaban J connectivity index is 1.36. The number of para-hydroxylation sites is 2. The summed E-state index contributed by atoms with van der Waals surface area (Å²) in [6.45, 7) is 0.0853. The number of benzene rings is 2. The molecule has 1 aromatic heterocycles. The Morgan fingerprint density at radius 3 is 2.58 bits per heavy atom. The van der Waals surface area contributed by atoms with Crippen LogP contribution in [-0.2, 0) is 20.7 Å². The monoisotopic (exact) mass is 441 g/mol. The maximum atomic E-state index is 11.9. The highest BCUT2D eigenvalue weighted by atomic mass is 32.2. The lowest BCUT2D eigenvalue weighted by Crippen LogP contribution is -2.30. The Hall–Kier alpha value is -3.33. The van der Waals surface area contributed by atoms with Gasteiger partial charge in [-0.05, 0) is 36.2 Å². The highest BCUT2D eigenvalue weighted by Crippen LogP contribution is 2.27. The molecule has 8 nitrogen and oxygen atoms in total. The van der Waals surface area contributed by atoms with Crippen LogP contribution in [0.3, 0.4) is 0 Å². The molecular formula is C22H23N3O5S. The van der Waals surface area contributed by atoms with Gasteiger partial charge in [0.15, 0.2) is 18.1 Å². The van der Waals surface area contributed by atoms with Gasteiger partial charge in [-0.1, -0.05) is 30.0 Å². The maximum Gasteiger partial charge on any atom is 0.316 e. The number of rotatable bonds is 10. The van der Waals surface area contributed by atoms with Gasteiger partial charge in [0.25, 0.3) is 5.91 Å². The third-order valence-electron chi connectivity index (χ3n) is 4.31. The second-order valence-corrected chi connectivity index (χ2v) is 7.43. The van der Waals surface area contributed by atoms with Gasteiger partial charge in [0.2, 0.25) is 0 Å². The van der Waals surface area contributed by atoms with E-state index in [1.165, 1.54) is 11.8 Å². The number of nitrogens with one attached hydrogen (secondary N) is 1. The Labute approximate surface area is 184 Å². The molecule has 9 heteroatoms. The Morgan fingerprint density at radius 2 is 1.81 bits per heavy atom. The minimum atomic E-state index is -0.491. The highest BCUT2D eigenvalue weighted by Gasteiger charge is 2.10. The van der Waals surface area contributed by atoms with Crippen LogP contribution in [0.5, 0.6) is 11.5 Å².